The van der Waals surface area contributed by atoms with Gasteiger partial charge in [-0.25, -0.2) is 4.98 Å². The Bertz CT molecular complexity index is 1120. The second-order valence-corrected chi connectivity index (χ2v) is 6.23. The number of ether oxygens (including phenoxy) is 1. The topological polar surface area (TPSA) is 67.2 Å². The molecule has 0 radical (unpaired) electrons. The summed E-state index contributed by atoms with van der Waals surface area (Å²) in [7, 11) is 1.66. The molecule has 0 fully saturated rings. The van der Waals surface area contributed by atoms with Gasteiger partial charge in [0, 0.05) is 23.6 Å². The molecule has 0 amide bonds. The number of carboxylic acids is 1. The molecule has 0 saturated carbocycles. The first-order chi connectivity index (χ1) is 13.2. The molecule has 28 heavy (non-hydrogen) atoms. The Hall–Kier alpha value is -3.00. The van der Waals surface area contributed by atoms with Crippen molar-refractivity contribution in [3.05, 3.63) is 78.6 Å². The Kier molecular flexibility index (Phi) is 5.89. The monoisotopic (exact) mass is 364 g/mol. The number of para-hydroxylation sites is 1. The van der Waals surface area contributed by atoms with Crippen molar-refractivity contribution in [3.63, 3.8) is 0 Å². The number of hydrogen-bond acceptors (Lipinski definition) is 4. The second-order valence-electron chi connectivity index (χ2n) is 6.23. The van der Waals surface area contributed by atoms with E-state index >= 15 is 0 Å². The van der Waals surface area contributed by atoms with Crippen LogP contribution in [0.25, 0.3) is 27.8 Å². The summed E-state index contributed by atoms with van der Waals surface area (Å²) in [4.78, 5) is 15.2. The molecule has 3 aromatic carbocycles. The van der Waals surface area contributed by atoms with E-state index in [4.69, 9.17) is 4.74 Å². The number of carbonyl (C=O) groups excluding carboxylic acids is 1. The van der Waals surface area contributed by atoms with Gasteiger partial charge in [0.2, 0.25) is 0 Å². The van der Waals surface area contributed by atoms with E-state index in [-0.39, 0.29) is 25.3 Å². The number of aromatic nitrogens is 2. The van der Waals surface area contributed by atoms with Crippen LogP contribution in [0.3, 0.4) is 0 Å². The molecule has 1 heterocycles. The van der Waals surface area contributed by atoms with Gasteiger partial charge in [-0.1, -0.05) is 36.4 Å². The van der Waals surface area contributed by atoms with Gasteiger partial charge >= 0.3 is 18.9 Å². The van der Waals surface area contributed by atoms with Gasteiger partial charge in [0.1, 0.15) is 12.1 Å². The maximum atomic E-state index is 10.7. The number of rotatable bonds is 5. The van der Waals surface area contributed by atoms with E-state index in [9.17, 15) is 9.90 Å². The summed E-state index contributed by atoms with van der Waals surface area (Å²) in [6.07, 6.45) is 1.68. The van der Waals surface area contributed by atoms with Crippen LogP contribution >= 0.6 is 0 Å². The van der Waals surface area contributed by atoms with Crippen LogP contribution in [0.15, 0.2) is 73.1 Å². The molecule has 0 aliphatic rings. The number of nitrogens with zero attached hydrogens (tertiary/aromatic N) is 2. The van der Waals surface area contributed by atoms with Gasteiger partial charge in [-0.05, 0) is 41.5 Å². The quantitative estimate of drug-likeness (QED) is 0.468. The van der Waals surface area contributed by atoms with Crippen molar-refractivity contribution in [2.24, 2.45) is 0 Å². The number of imidazole rings is 1. The van der Waals surface area contributed by atoms with Crippen molar-refractivity contribution < 1.29 is 33.5 Å². The van der Waals surface area contributed by atoms with Gasteiger partial charge in [-0.15, -0.1) is 0 Å². The first kappa shape index (κ1) is 19.8. The van der Waals surface area contributed by atoms with Crippen LogP contribution in [0, 0.1) is 0 Å². The molecule has 0 aliphatic carbocycles. The zero-order valence-electron chi connectivity index (χ0n) is 15.8. The van der Waals surface area contributed by atoms with Gasteiger partial charge in [0.15, 0.2) is 0 Å². The van der Waals surface area contributed by atoms with Gasteiger partial charge in [-0.3, -0.25) is 4.57 Å². The molecule has 0 saturated heterocycles. The van der Waals surface area contributed by atoms with Crippen LogP contribution in [0.4, 0.5) is 0 Å². The van der Waals surface area contributed by atoms with Gasteiger partial charge in [0.05, 0.1) is 18.1 Å². The molecule has 4 rings (SSSR count). The average Bonchev–Trinajstić information content (AvgIpc) is 3.11. The summed E-state index contributed by atoms with van der Waals surface area (Å²) in [6.45, 7) is 0. The summed E-state index contributed by atoms with van der Waals surface area (Å²) < 4.78 is 7.43. The molecule has 1 aromatic heterocycles. The Morgan fingerprint density at radius 3 is 2.54 bits per heavy atom. The fraction of sp³-hybridized carbons (Fsp3) is 0.0909. The van der Waals surface area contributed by atoms with Crippen LogP contribution in [0.5, 0.6) is 5.75 Å². The van der Waals surface area contributed by atoms with E-state index in [2.05, 4.69) is 4.98 Å². The van der Waals surface area contributed by atoms with Crippen LogP contribution in [-0.2, 0) is 11.2 Å². The zero-order chi connectivity index (χ0) is 18.8. The molecule has 0 atom stereocenters. The molecule has 0 unspecified atom stereocenters. The Labute approximate surface area is 174 Å². The minimum Gasteiger partial charge on any atom is -0.550 e. The summed E-state index contributed by atoms with van der Waals surface area (Å²) in [5.41, 5.74) is 5.53. The maximum absolute atomic E-state index is 10.7. The van der Waals surface area contributed by atoms with Crippen molar-refractivity contribution in [1.29, 1.82) is 0 Å². The van der Waals surface area contributed by atoms with Crippen LogP contribution in [0.1, 0.15) is 5.56 Å². The third kappa shape index (κ3) is 3.82. The molecule has 6 heteroatoms. The van der Waals surface area contributed by atoms with E-state index in [1.807, 2.05) is 59.2 Å². The Morgan fingerprint density at radius 1 is 1.07 bits per heavy atom. The fourth-order valence-electron chi connectivity index (χ4n) is 3.21. The molecule has 5 nitrogen and oxygen atoms in total. The summed E-state index contributed by atoms with van der Waals surface area (Å²) in [5.74, 6) is -0.264. The zero-order valence-corrected chi connectivity index (χ0v) is 15.8. The average molecular weight is 364 g/mol. The molecular formula is C22H17LiN2O3. The van der Waals surface area contributed by atoms with Gasteiger partial charge < -0.3 is 14.6 Å². The molecule has 0 bridgehead atoms. The van der Waals surface area contributed by atoms with Crippen molar-refractivity contribution in [2.75, 3.05) is 7.11 Å². The van der Waals surface area contributed by atoms with E-state index < -0.39 is 5.97 Å². The van der Waals surface area contributed by atoms with Crippen LogP contribution < -0.4 is 28.7 Å². The maximum Gasteiger partial charge on any atom is 1.00 e. The molecule has 4 aromatic rings. The molecule has 0 aliphatic heterocycles. The number of benzene rings is 3. The minimum absolute atomic E-state index is 0. The third-order valence-corrected chi connectivity index (χ3v) is 4.53. The molecule has 0 spiro atoms. The Morgan fingerprint density at radius 2 is 1.82 bits per heavy atom. The number of carbonyl (C=O) groups is 1. The minimum atomic E-state index is -1.08. The number of carboxylic acid groups (broad SMARTS) is 1. The SMILES string of the molecule is COc1ccccc1-c1ccc2c(c1)ncn2-c1ccc(CC(=O)[O-])cc1.[Li+]. The largest absolute Gasteiger partial charge is 1.00 e. The van der Waals surface area contributed by atoms with Crippen LogP contribution in [-0.4, -0.2) is 22.6 Å². The molecule has 134 valence electrons. The first-order valence-corrected chi connectivity index (χ1v) is 8.55. The van der Waals surface area contributed by atoms with Gasteiger partial charge in [0.25, 0.3) is 0 Å². The smallest absolute Gasteiger partial charge is 0.550 e. The van der Waals surface area contributed by atoms with Crippen molar-refractivity contribution in [2.45, 2.75) is 6.42 Å². The standard InChI is InChI=1S/C22H18N2O3.Li/c1-27-21-5-3-2-4-18(21)16-8-11-20-19(13-16)23-14-24(20)17-9-6-15(7-10-17)12-22(25)26;/h2-11,13-14H,12H2,1H3,(H,25,26);/q;+1/p-1. The molecule has 0 N–H and O–H groups in total. The number of methoxy groups -OCH3 is 1. The Balaban J connectivity index is 0.00000225. The predicted octanol–water partition coefficient (Wildman–Crippen LogP) is -0.00250. The fourth-order valence-corrected chi connectivity index (χ4v) is 3.21. The van der Waals surface area contributed by atoms with E-state index in [1.54, 1.807) is 25.6 Å². The van der Waals surface area contributed by atoms with Crippen molar-refractivity contribution in [3.8, 4) is 22.6 Å². The summed E-state index contributed by atoms with van der Waals surface area (Å²) in [6, 6.07) is 21.3. The second kappa shape index (κ2) is 8.35. The normalized spacial score (nSPS) is 10.5. The van der Waals surface area contributed by atoms with Crippen LogP contribution in [0.2, 0.25) is 0 Å². The van der Waals surface area contributed by atoms with Crippen molar-refractivity contribution in [1.82, 2.24) is 9.55 Å². The van der Waals surface area contributed by atoms with Gasteiger partial charge in [-0.2, -0.15) is 0 Å². The van der Waals surface area contributed by atoms with E-state index in [1.165, 1.54) is 0 Å². The molecular weight excluding hydrogens is 347 g/mol. The first-order valence-electron chi connectivity index (χ1n) is 8.55. The third-order valence-electron chi connectivity index (χ3n) is 4.53. The number of hydrogen-bond donors (Lipinski definition) is 0. The van der Waals surface area contributed by atoms with E-state index in [0.29, 0.717) is 5.56 Å². The van der Waals surface area contributed by atoms with E-state index in [0.717, 1.165) is 33.6 Å². The van der Waals surface area contributed by atoms with Crippen molar-refractivity contribution >= 4 is 17.0 Å². The predicted molar refractivity (Wildman–Crippen MR) is 102 cm³/mol. The summed E-state index contributed by atoms with van der Waals surface area (Å²) >= 11 is 0. The summed E-state index contributed by atoms with van der Waals surface area (Å²) in [5, 5.41) is 10.7. The number of fused-ring (bicyclic) bond motifs is 1. The number of aliphatic carboxylic acids is 1.